The SMILES string of the molecule is CCN(CC)C(=O)NC1(C(N)=S)CCCCCC1. The van der Waals surface area contributed by atoms with E-state index in [0.29, 0.717) is 18.1 Å². The summed E-state index contributed by atoms with van der Waals surface area (Å²) in [5.41, 5.74) is 5.43. The zero-order valence-corrected chi connectivity index (χ0v) is 12.3. The first-order chi connectivity index (χ1) is 8.55. The molecule has 0 aliphatic heterocycles. The van der Waals surface area contributed by atoms with E-state index in [0.717, 1.165) is 25.7 Å². The molecule has 0 aromatic carbocycles. The van der Waals surface area contributed by atoms with Crippen LogP contribution in [-0.4, -0.2) is 34.5 Å². The second-order valence-electron chi connectivity index (χ2n) is 4.96. The van der Waals surface area contributed by atoms with Crippen LogP contribution >= 0.6 is 12.2 Å². The number of carbonyl (C=O) groups excluding carboxylic acids is 1. The lowest BCUT2D eigenvalue weighted by molar-refractivity contribution is 0.192. The van der Waals surface area contributed by atoms with Gasteiger partial charge in [0.25, 0.3) is 0 Å². The van der Waals surface area contributed by atoms with Crippen molar-refractivity contribution in [2.45, 2.75) is 57.9 Å². The lowest BCUT2D eigenvalue weighted by atomic mass is 9.90. The Balaban J connectivity index is 2.78. The fourth-order valence-corrected chi connectivity index (χ4v) is 2.81. The molecule has 0 spiro atoms. The number of rotatable bonds is 4. The highest BCUT2D eigenvalue weighted by molar-refractivity contribution is 7.80. The second kappa shape index (κ2) is 6.92. The monoisotopic (exact) mass is 271 g/mol. The molecule has 2 amide bonds. The van der Waals surface area contributed by atoms with Gasteiger partial charge in [-0.2, -0.15) is 0 Å². The van der Waals surface area contributed by atoms with Gasteiger partial charge in [-0.1, -0.05) is 37.9 Å². The van der Waals surface area contributed by atoms with Crippen LogP contribution in [-0.2, 0) is 0 Å². The van der Waals surface area contributed by atoms with Crippen molar-refractivity contribution < 1.29 is 4.79 Å². The minimum absolute atomic E-state index is 0.0466. The number of urea groups is 1. The molecule has 1 saturated carbocycles. The number of amides is 2. The van der Waals surface area contributed by atoms with E-state index in [1.807, 2.05) is 13.8 Å². The van der Waals surface area contributed by atoms with Crippen molar-refractivity contribution in [2.24, 2.45) is 5.73 Å². The molecule has 4 nitrogen and oxygen atoms in total. The summed E-state index contributed by atoms with van der Waals surface area (Å²) in [5, 5.41) is 3.09. The van der Waals surface area contributed by atoms with Gasteiger partial charge in [0.1, 0.15) is 0 Å². The van der Waals surface area contributed by atoms with E-state index in [2.05, 4.69) is 5.32 Å². The van der Waals surface area contributed by atoms with Gasteiger partial charge in [0, 0.05) is 13.1 Å². The van der Waals surface area contributed by atoms with Crippen LogP contribution in [0.4, 0.5) is 4.79 Å². The van der Waals surface area contributed by atoms with E-state index in [4.69, 9.17) is 18.0 Å². The number of hydrogen-bond acceptors (Lipinski definition) is 2. The molecular weight excluding hydrogens is 246 g/mol. The topological polar surface area (TPSA) is 58.4 Å². The maximum Gasteiger partial charge on any atom is 0.318 e. The molecule has 1 rings (SSSR count). The Morgan fingerprint density at radius 3 is 2.11 bits per heavy atom. The number of hydrogen-bond donors (Lipinski definition) is 2. The zero-order valence-electron chi connectivity index (χ0n) is 11.5. The Morgan fingerprint density at radius 2 is 1.72 bits per heavy atom. The fourth-order valence-electron chi connectivity index (χ4n) is 2.56. The summed E-state index contributed by atoms with van der Waals surface area (Å²) in [7, 11) is 0. The van der Waals surface area contributed by atoms with Crippen LogP contribution in [0.3, 0.4) is 0 Å². The van der Waals surface area contributed by atoms with Crippen LogP contribution in [0, 0.1) is 0 Å². The average Bonchev–Trinajstić information content (AvgIpc) is 2.57. The van der Waals surface area contributed by atoms with Crippen LogP contribution in [0.1, 0.15) is 52.4 Å². The predicted molar refractivity (Wildman–Crippen MR) is 78.7 cm³/mol. The molecule has 1 aliphatic carbocycles. The van der Waals surface area contributed by atoms with E-state index in [-0.39, 0.29) is 6.03 Å². The minimum atomic E-state index is -0.467. The summed E-state index contributed by atoms with van der Waals surface area (Å²) in [4.78, 5) is 14.4. The molecule has 18 heavy (non-hydrogen) atoms. The molecule has 1 fully saturated rings. The van der Waals surface area contributed by atoms with Gasteiger partial charge < -0.3 is 16.0 Å². The number of nitrogens with one attached hydrogen (secondary N) is 1. The van der Waals surface area contributed by atoms with Crippen molar-refractivity contribution in [1.82, 2.24) is 10.2 Å². The lowest BCUT2D eigenvalue weighted by Crippen LogP contribution is -2.59. The van der Waals surface area contributed by atoms with Crippen molar-refractivity contribution in [3.63, 3.8) is 0 Å². The molecule has 0 atom stereocenters. The third kappa shape index (κ3) is 3.57. The summed E-state index contributed by atoms with van der Waals surface area (Å²) < 4.78 is 0. The van der Waals surface area contributed by atoms with Gasteiger partial charge in [0.2, 0.25) is 0 Å². The van der Waals surface area contributed by atoms with Gasteiger partial charge in [-0.15, -0.1) is 0 Å². The summed E-state index contributed by atoms with van der Waals surface area (Å²) in [6.45, 7) is 5.36. The highest BCUT2D eigenvalue weighted by Gasteiger charge is 2.36. The van der Waals surface area contributed by atoms with Gasteiger partial charge in [-0.3, -0.25) is 0 Å². The zero-order chi connectivity index (χ0) is 13.6. The molecular formula is C13H25N3OS. The van der Waals surface area contributed by atoms with Crippen LogP contribution in [0.2, 0.25) is 0 Å². The Kier molecular flexibility index (Phi) is 5.85. The number of carbonyl (C=O) groups is 1. The Bertz CT molecular complexity index is 295. The Morgan fingerprint density at radius 1 is 1.22 bits per heavy atom. The highest BCUT2D eigenvalue weighted by Crippen LogP contribution is 2.27. The van der Waals surface area contributed by atoms with Crippen molar-refractivity contribution in [3.05, 3.63) is 0 Å². The largest absolute Gasteiger partial charge is 0.391 e. The number of nitrogens with two attached hydrogens (primary N) is 1. The first-order valence-corrected chi connectivity index (χ1v) is 7.33. The molecule has 1 aliphatic rings. The molecule has 0 unspecified atom stereocenters. The van der Waals surface area contributed by atoms with E-state index in [9.17, 15) is 4.79 Å². The average molecular weight is 271 g/mol. The fraction of sp³-hybridized carbons (Fsp3) is 0.846. The van der Waals surface area contributed by atoms with E-state index in [1.165, 1.54) is 12.8 Å². The number of thiocarbonyl (C=S) groups is 1. The summed E-state index contributed by atoms with van der Waals surface area (Å²) in [5.74, 6) is 0. The quantitative estimate of drug-likeness (QED) is 0.610. The third-order valence-electron chi connectivity index (χ3n) is 3.83. The van der Waals surface area contributed by atoms with Crippen molar-refractivity contribution in [1.29, 1.82) is 0 Å². The van der Waals surface area contributed by atoms with Crippen molar-refractivity contribution >= 4 is 23.2 Å². The maximum atomic E-state index is 12.2. The second-order valence-corrected chi connectivity index (χ2v) is 5.40. The smallest absolute Gasteiger partial charge is 0.318 e. The minimum Gasteiger partial charge on any atom is -0.391 e. The standard InChI is InChI=1S/C13H25N3OS/c1-3-16(4-2)12(17)15-13(11(14)18)9-7-5-6-8-10-13/h3-10H2,1-2H3,(H2,14,18)(H,15,17). The predicted octanol–water partition coefficient (Wildman–Crippen LogP) is 2.42. The highest BCUT2D eigenvalue weighted by atomic mass is 32.1. The molecule has 0 radical (unpaired) electrons. The molecule has 0 saturated heterocycles. The lowest BCUT2D eigenvalue weighted by Gasteiger charge is -2.35. The van der Waals surface area contributed by atoms with Crippen LogP contribution in [0.15, 0.2) is 0 Å². The summed E-state index contributed by atoms with van der Waals surface area (Å²) >= 11 is 5.21. The van der Waals surface area contributed by atoms with Crippen molar-refractivity contribution in [3.8, 4) is 0 Å². The molecule has 0 heterocycles. The molecule has 0 bridgehead atoms. The van der Waals surface area contributed by atoms with Gasteiger partial charge in [-0.25, -0.2) is 4.79 Å². The maximum absolute atomic E-state index is 12.2. The van der Waals surface area contributed by atoms with E-state index < -0.39 is 5.54 Å². The first-order valence-electron chi connectivity index (χ1n) is 6.92. The van der Waals surface area contributed by atoms with Crippen molar-refractivity contribution in [2.75, 3.05) is 13.1 Å². The van der Waals surface area contributed by atoms with Gasteiger partial charge in [0.15, 0.2) is 0 Å². The van der Waals surface area contributed by atoms with Gasteiger partial charge >= 0.3 is 6.03 Å². The van der Waals surface area contributed by atoms with Crippen LogP contribution in [0.25, 0.3) is 0 Å². The van der Waals surface area contributed by atoms with Crippen LogP contribution < -0.4 is 11.1 Å². The van der Waals surface area contributed by atoms with E-state index in [1.54, 1.807) is 4.90 Å². The van der Waals surface area contributed by atoms with Gasteiger partial charge in [0.05, 0.1) is 10.5 Å². The molecule has 5 heteroatoms. The Hall–Kier alpha value is -0.840. The summed E-state index contributed by atoms with van der Waals surface area (Å²) in [6, 6.07) is -0.0466. The third-order valence-corrected chi connectivity index (χ3v) is 4.22. The molecule has 0 aromatic rings. The first kappa shape index (κ1) is 15.2. The summed E-state index contributed by atoms with van der Waals surface area (Å²) in [6.07, 6.45) is 6.30. The van der Waals surface area contributed by atoms with Crippen LogP contribution in [0.5, 0.6) is 0 Å². The number of nitrogens with zero attached hydrogens (tertiary/aromatic N) is 1. The van der Waals surface area contributed by atoms with Gasteiger partial charge in [-0.05, 0) is 26.7 Å². The molecule has 0 aromatic heterocycles. The van der Waals surface area contributed by atoms with E-state index >= 15 is 0 Å². The molecule has 104 valence electrons. The Labute approximate surface area is 115 Å². The normalized spacial score (nSPS) is 18.8. The molecule has 3 N–H and O–H groups in total.